The number of halogens is 1. The van der Waals surface area contributed by atoms with Gasteiger partial charge in [-0.2, -0.15) is 0 Å². The van der Waals surface area contributed by atoms with E-state index in [0.717, 1.165) is 16.1 Å². The number of rotatable bonds is 6. The van der Waals surface area contributed by atoms with Crippen molar-refractivity contribution < 1.29 is 23.9 Å². The van der Waals surface area contributed by atoms with Crippen molar-refractivity contribution in [3.63, 3.8) is 0 Å². The highest BCUT2D eigenvalue weighted by atomic mass is 35.5. The maximum atomic E-state index is 12.5. The minimum atomic E-state index is -4.29. The van der Waals surface area contributed by atoms with Gasteiger partial charge in [0.1, 0.15) is 5.75 Å². The van der Waals surface area contributed by atoms with Gasteiger partial charge in [0.2, 0.25) is 0 Å². The molecule has 0 unspecified atom stereocenters. The maximum absolute atomic E-state index is 12.5. The Morgan fingerprint density at radius 1 is 1.40 bits per heavy atom. The third-order valence-electron chi connectivity index (χ3n) is 3.64. The second kappa shape index (κ2) is 7.53. The van der Waals surface area contributed by atoms with Crippen LogP contribution < -0.4 is 4.74 Å². The summed E-state index contributed by atoms with van der Waals surface area (Å²) in [6.07, 6.45) is -0.124. The number of likely N-dealkylation sites (N-methyl/N-ethyl adjacent to an activating group) is 1. The van der Waals surface area contributed by atoms with Gasteiger partial charge in [-0.25, -0.2) is 4.98 Å². The van der Waals surface area contributed by atoms with Crippen LogP contribution in [0, 0.1) is 0 Å². The number of fused-ring (bicyclic) bond motifs is 3. The minimum absolute atomic E-state index is 0. The van der Waals surface area contributed by atoms with Crippen LogP contribution in [0.25, 0.3) is 11.3 Å². The Bertz CT molecular complexity index is 848. The summed E-state index contributed by atoms with van der Waals surface area (Å²) in [6, 6.07) is 3.25. The molecule has 2 N–H and O–H groups in total. The third-order valence-corrected chi connectivity index (χ3v) is 4.94. The van der Waals surface area contributed by atoms with Crippen molar-refractivity contribution >= 4 is 37.1 Å². The van der Waals surface area contributed by atoms with Crippen molar-refractivity contribution in [1.82, 2.24) is 9.88 Å². The number of nitrogens with zero attached hydrogens (tertiary/aromatic N) is 2. The lowest BCUT2D eigenvalue weighted by Crippen LogP contribution is -2.22. The summed E-state index contributed by atoms with van der Waals surface area (Å²) in [5, 5.41) is 0. The van der Waals surface area contributed by atoms with E-state index in [0.29, 0.717) is 23.3 Å². The van der Waals surface area contributed by atoms with Crippen molar-refractivity contribution in [2.75, 3.05) is 27.0 Å². The Hall–Kier alpha value is -1.28. The SMILES string of the molecule is CN(C)CC(=O)c1ccc(OCP(=O)(O)O)c2c1Cc1scnc1-2.Cl. The Labute approximate surface area is 155 Å². The van der Waals surface area contributed by atoms with Gasteiger partial charge in [0.05, 0.1) is 17.7 Å². The maximum Gasteiger partial charge on any atom is 0.362 e. The lowest BCUT2D eigenvalue weighted by Gasteiger charge is -2.15. The molecule has 0 amide bonds. The number of hydrogen-bond acceptors (Lipinski definition) is 6. The molecule has 136 valence electrons. The van der Waals surface area contributed by atoms with Crippen molar-refractivity contribution in [1.29, 1.82) is 0 Å². The van der Waals surface area contributed by atoms with Crippen molar-refractivity contribution in [2.24, 2.45) is 0 Å². The zero-order chi connectivity index (χ0) is 17.5. The fourth-order valence-electron chi connectivity index (χ4n) is 2.74. The molecule has 10 heteroatoms. The summed E-state index contributed by atoms with van der Waals surface area (Å²) in [4.78, 5) is 37.7. The Balaban J connectivity index is 0.00000225. The van der Waals surface area contributed by atoms with Crippen LogP contribution in [0.3, 0.4) is 0 Å². The first-order chi connectivity index (χ1) is 11.3. The number of carbonyl (C=O) groups excluding carboxylic acids is 1. The monoisotopic (exact) mass is 404 g/mol. The van der Waals surface area contributed by atoms with E-state index in [4.69, 9.17) is 14.5 Å². The molecule has 1 aliphatic rings. The third kappa shape index (κ3) is 4.28. The summed E-state index contributed by atoms with van der Waals surface area (Å²) in [6.45, 7) is 0.288. The topological polar surface area (TPSA) is 100.0 Å². The second-order valence-electron chi connectivity index (χ2n) is 5.86. The zero-order valence-electron chi connectivity index (χ0n) is 13.6. The molecule has 1 aromatic carbocycles. The Morgan fingerprint density at radius 2 is 2.12 bits per heavy atom. The molecule has 0 aliphatic heterocycles. The molecule has 0 bridgehead atoms. The van der Waals surface area contributed by atoms with E-state index >= 15 is 0 Å². The first-order valence-corrected chi connectivity index (χ1v) is 9.88. The van der Waals surface area contributed by atoms with Crippen molar-refractivity contribution in [3.05, 3.63) is 33.6 Å². The average molecular weight is 405 g/mol. The zero-order valence-corrected chi connectivity index (χ0v) is 16.2. The molecule has 2 aromatic rings. The molecule has 1 aliphatic carbocycles. The largest absolute Gasteiger partial charge is 0.480 e. The van der Waals surface area contributed by atoms with E-state index in [1.807, 2.05) is 14.1 Å². The van der Waals surface area contributed by atoms with Gasteiger partial charge in [-0.1, -0.05) is 0 Å². The van der Waals surface area contributed by atoms with Crippen LogP contribution in [-0.2, 0) is 11.0 Å². The highest BCUT2D eigenvalue weighted by molar-refractivity contribution is 7.51. The van der Waals surface area contributed by atoms with Crippen LogP contribution in [0.1, 0.15) is 20.8 Å². The number of thiazole rings is 1. The van der Waals surface area contributed by atoms with Gasteiger partial charge < -0.3 is 19.4 Å². The van der Waals surface area contributed by atoms with Crippen LogP contribution in [-0.4, -0.2) is 52.4 Å². The molecule has 0 atom stereocenters. The van der Waals surface area contributed by atoms with Gasteiger partial charge in [-0.15, -0.1) is 23.7 Å². The first-order valence-electron chi connectivity index (χ1n) is 7.20. The minimum Gasteiger partial charge on any atom is -0.480 e. The van der Waals surface area contributed by atoms with Crippen LogP contribution in [0.5, 0.6) is 5.75 Å². The van der Waals surface area contributed by atoms with E-state index in [-0.39, 0.29) is 24.7 Å². The number of benzene rings is 1. The van der Waals surface area contributed by atoms with E-state index in [1.165, 1.54) is 11.3 Å². The quantitative estimate of drug-likeness (QED) is 0.480. The van der Waals surface area contributed by atoms with Crippen molar-refractivity contribution in [3.8, 4) is 17.0 Å². The van der Waals surface area contributed by atoms with Crippen LogP contribution in [0.4, 0.5) is 0 Å². The van der Waals surface area contributed by atoms with Crippen molar-refractivity contribution in [2.45, 2.75) is 6.42 Å². The predicted octanol–water partition coefficient (Wildman–Crippen LogP) is 2.39. The summed E-state index contributed by atoms with van der Waals surface area (Å²) in [5.74, 6) is 0.340. The van der Waals surface area contributed by atoms with E-state index in [1.54, 1.807) is 22.5 Å². The standard InChI is InChI=1S/C15H17N2O5PS.ClH/c1-17(2)6-11(18)9-3-4-12(22-8-23(19,20)21)14-10(9)5-13-15(14)16-7-24-13;/h3-4,7H,5-6,8H2,1-2H3,(H2,19,20,21);1H. The summed E-state index contributed by atoms with van der Waals surface area (Å²) < 4.78 is 16.4. The number of ether oxygens (including phenoxy) is 1. The second-order valence-corrected chi connectivity index (χ2v) is 8.39. The van der Waals surface area contributed by atoms with Crippen LogP contribution in [0.2, 0.25) is 0 Å². The number of ketones is 1. The molecule has 0 saturated heterocycles. The van der Waals surface area contributed by atoms with Crippen LogP contribution >= 0.6 is 31.3 Å². The fraction of sp³-hybridized carbons (Fsp3) is 0.333. The highest BCUT2D eigenvalue weighted by Gasteiger charge is 2.30. The van der Waals surface area contributed by atoms with E-state index in [9.17, 15) is 9.36 Å². The molecule has 0 saturated carbocycles. The molecular weight excluding hydrogens is 387 g/mol. The molecular formula is C15H18ClN2O5PS. The summed E-state index contributed by atoms with van der Waals surface area (Å²) in [7, 11) is -0.635. The Morgan fingerprint density at radius 3 is 2.76 bits per heavy atom. The Kier molecular flexibility index (Phi) is 6.04. The lowest BCUT2D eigenvalue weighted by molar-refractivity contribution is 0.0957. The van der Waals surface area contributed by atoms with Gasteiger partial charge in [0.15, 0.2) is 12.1 Å². The molecule has 1 aromatic heterocycles. The smallest absolute Gasteiger partial charge is 0.362 e. The number of Topliss-reactive ketones (excluding diaryl/α,β-unsaturated/α-hetero) is 1. The average Bonchev–Trinajstić information content (AvgIpc) is 3.03. The normalized spacial score (nSPS) is 12.5. The number of aromatic nitrogens is 1. The van der Waals surface area contributed by atoms with Gasteiger partial charge in [-0.3, -0.25) is 9.36 Å². The highest BCUT2D eigenvalue weighted by Crippen LogP contribution is 2.46. The van der Waals surface area contributed by atoms with Gasteiger partial charge in [0.25, 0.3) is 0 Å². The molecule has 25 heavy (non-hydrogen) atoms. The summed E-state index contributed by atoms with van der Waals surface area (Å²) in [5.41, 5.74) is 4.54. The molecule has 7 nitrogen and oxygen atoms in total. The molecule has 0 fully saturated rings. The summed E-state index contributed by atoms with van der Waals surface area (Å²) >= 11 is 1.49. The van der Waals surface area contributed by atoms with E-state index < -0.39 is 13.9 Å². The first kappa shape index (κ1) is 20.0. The number of hydrogen-bond donors (Lipinski definition) is 2. The molecule has 3 rings (SSSR count). The predicted molar refractivity (Wildman–Crippen MR) is 98.0 cm³/mol. The van der Waals surface area contributed by atoms with Gasteiger partial charge in [0, 0.05) is 22.4 Å². The fourth-order valence-corrected chi connectivity index (χ4v) is 3.82. The van der Waals surface area contributed by atoms with E-state index in [2.05, 4.69) is 4.98 Å². The number of carbonyl (C=O) groups is 1. The molecule has 1 heterocycles. The lowest BCUT2D eigenvalue weighted by atomic mass is 9.98. The van der Waals surface area contributed by atoms with Gasteiger partial charge in [-0.05, 0) is 31.8 Å². The molecule has 0 radical (unpaired) electrons. The molecule has 0 spiro atoms. The van der Waals surface area contributed by atoms with Gasteiger partial charge >= 0.3 is 7.60 Å². The van der Waals surface area contributed by atoms with Crippen LogP contribution in [0.15, 0.2) is 17.6 Å².